The van der Waals surface area contributed by atoms with Gasteiger partial charge in [-0.05, 0) is 26.7 Å². The number of nitrogens with zero attached hydrogens (tertiary/aromatic N) is 1. The van der Waals surface area contributed by atoms with E-state index < -0.39 is 17.8 Å². The molecular formula is C11H19NO4. The lowest BCUT2D eigenvalue weighted by atomic mass is 10.1. The van der Waals surface area contributed by atoms with Gasteiger partial charge in [0, 0.05) is 0 Å². The van der Waals surface area contributed by atoms with E-state index in [-0.39, 0.29) is 18.6 Å². The van der Waals surface area contributed by atoms with Crippen LogP contribution in [0.3, 0.4) is 0 Å². The third-order valence-electron chi connectivity index (χ3n) is 2.27. The number of rotatable bonds is 1. The van der Waals surface area contributed by atoms with Crippen molar-refractivity contribution in [1.82, 2.24) is 4.90 Å². The van der Waals surface area contributed by atoms with Gasteiger partial charge in [-0.2, -0.15) is 0 Å². The van der Waals surface area contributed by atoms with Gasteiger partial charge in [0.1, 0.15) is 12.2 Å². The van der Waals surface area contributed by atoms with Crippen LogP contribution >= 0.6 is 0 Å². The molecule has 16 heavy (non-hydrogen) atoms. The molecule has 0 N–H and O–H groups in total. The molecule has 0 saturated carbocycles. The summed E-state index contributed by atoms with van der Waals surface area (Å²) < 4.78 is 10.0. The fourth-order valence-electron chi connectivity index (χ4n) is 1.45. The molecule has 5 nitrogen and oxygen atoms in total. The fourth-order valence-corrected chi connectivity index (χ4v) is 1.45. The van der Waals surface area contributed by atoms with Crippen LogP contribution in [0.2, 0.25) is 0 Å². The second kappa shape index (κ2) is 4.31. The van der Waals surface area contributed by atoms with Gasteiger partial charge in [-0.15, -0.1) is 0 Å². The van der Waals surface area contributed by atoms with E-state index in [1.807, 2.05) is 13.8 Å². The van der Waals surface area contributed by atoms with Crippen molar-refractivity contribution in [2.24, 2.45) is 5.92 Å². The van der Waals surface area contributed by atoms with Crippen LogP contribution in [-0.2, 0) is 9.47 Å². The SMILES string of the molecule is CC(C)C1COC(=O)N1C(=O)OC(C)(C)C. The highest BCUT2D eigenvalue weighted by molar-refractivity contribution is 5.89. The average molecular weight is 229 g/mol. The molecule has 1 atom stereocenters. The number of carbonyl (C=O) groups is 2. The zero-order valence-electron chi connectivity index (χ0n) is 10.4. The van der Waals surface area contributed by atoms with Crippen LogP contribution in [0.25, 0.3) is 0 Å². The van der Waals surface area contributed by atoms with Crippen LogP contribution in [0, 0.1) is 5.92 Å². The number of hydrogen-bond donors (Lipinski definition) is 0. The lowest BCUT2D eigenvalue weighted by molar-refractivity contribution is 0.0266. The Labute approximate surface area is 95.7 Å². The minimum Gasteiger partial charge on any atom is -0.447 e. The highest BCUT2D eigenvalue weighted by atomic mass is 16.6. The van der Waals surface area contributed by atoms with E-state index in [4.69, 9.17) is 9.47 Å². The Balaban J connectivity index is 2.76. The second-order valence-corrected chi connectivity index (χ2v) is 5.24. The molecule has 0 aromatic carbocycles. The Bertz CT molecular complexity index is 293. The normalized spacial score (nSPS) is 21.2. The van der Waals surface area contributed by atoms with Crippen molar-refractivity contribution in [3.8, 4) is 0 Å². The summed E-state index contributed by atoms with van der Waals surface area (Å²) >= 11 is 0. The number of ether oxygens (including phenoxy) is 2. The number of hydrogen-bond acceptors (Lipinski definition) is 4. The monoisotopic (exact) mass is 229 g/mol. The lowest BCUT2D eigenvalue weighted by Gasteiger charge is -2.26. The Morgan fingerprint density at radius 2 is 2.06 bits per heavy atom. The van der Waals surface area contributed by atoms with Crippen molar-refractivity contribution in [2.45, 2.75) is 46.3 Å². The molecule has 2 amide bonds. The number of cyclic esters (lactones) is 1. The molecule has 0 aromatic rings. The summed E-state index contributed by atoms with van der Waals surface area (Å²) in [5.41, 5.74) is -0.610. The van der Waals surface area contributed by atoms with Crippen molar-refractivity contribution < 1.29 is 19.1 Å². The van der Waals surface area contributed by atoms with E-state index in [0.717, 1.165) is 4.90 Å². The predicted octanol–water partition coefficient (Wildman–Crippen LogP) is 2.40. The third kappa shape index (κ3) is 2.87. The molecule has 0 spiro atoms. The zero-order valence-corrected chi connectivity index (χ0v) is 10.4. The van der Waals surface area contributed by atoms with Gasteiger partial charge in [-0.3, -0.25) is 0 Å². The Kier molecular flexibility index (Phi) is 3.45. The molecule has 1 heterocycles. The minimum atomic E-state index is -0.631. The smallest absolute Gasteiger partial charge is 0.420 e. The van der Waals surface area contributed by atoms with Gasteiger partial charge in [-0.1, -0.05) is 13.8 Å². The van der Waals surface area contributed by atoms with E-state index >= 15 is 0 Å². The first-order chi connectivity index (χ1) is 7.22. The van der Waals surface area contributed by atoms with Gasteiger partial charge in [0.05, 0.1) is 6.04 Å². The largest absolute Gasteiger partial charge is 0.447 e. The quantitative estimate of drug-likeness (QED) is 0.692. The third-order valence-corrected chi connectivity index (χ3v) is 2.27. The molecule has 1 rings (SSSR count). The molecule has 1 saturated heterocycles. The van der Waals surface area contributed by atoms with Gasteiger partial charge in [-0.25, -0.2) is 14.5 Å². The first-order valence-corrected chi connectivity index (χ1v) is 5.41. The van der Waals surface area contributed by atoms with E-state index in [2.05, 4.69) is 0 Å². The van der Waals surface area contributed by atoms with Crippen LogP contribution in [0.15, 0.2) is 0 Å². The van der Waals surface area contributed by atoms with E-state index in [9.17, 15) is 9.59 Å². The maximum absolute atomic E-state index is 11.8. The van der Waals surface area contributed by atoms with E-state index in [0.29, 0.717) is 0 Å². The fraction of sp³-hybridized carbons (Fsp3) is 0.818. The molecule has 0 radical (unpaired) electrons. The van der Waals surface area contributed by atoms with Crippen LogP contribution < -0.4 is 0 Å². The highest BCUT2D eigenvalue weighted by Crippen LogP contribution is 2.22. The summed E-state index contributed by atoms with van der Waals surface area (Å²) in [5, 5.41) is 0. The van der Waals surface area contributed by atoms with Crippen molar-refractivity contribution in [3.05, 3.63) is 0 Å². The Morgan fingerprint density at radius 1 is 1.50 bits per heavy atom. The molecule has 1 aliphatic rings. The molecule has 92 valence electrons. The summed E-state index contributed by atoms with van der Waals surface area (Å²) in [5.74, 6) is 0.152. The van der Waals surface area contributed by atoms with Crippen LogP contribution in [0.4, 0.5) is 9.59 Å². The summed E-state index contributed by atoms with van der Waals surface area (Å²) in [6.07, 6.45) is -1.25. The minimum absolute atomic E-state index is 0.152. The van der Waals surface area contributed by atoms with Gasteiger partial charge in [0.25, 0.3) is 0 Å². The molecule has 0 bridgehead atoms. The number of amides is 2. The maximum Gasteiger partial charge on any atom is 0.420 e. The van der Waals surface area contributed by atoms with Crippen LogP contribution in [0.5, 0.6) is 0 Å². The summed E-state index contributed by atoms with van der Waals surface area (Å²) in [7, 11) is 0. The van der Waals surface area contributed by atoms with E-state index in [1.165, 1.54) is 0 Å². The highest BCUT2D eigenvalue weighted by Gasteiger charge is 2.41. The predicted molar refractivity (Wildman–Crippen MR) is 58.0 cm³/mol. The topological polar surface area (TPSA) is 55.8 Å². The van der Waals surface area contributed by atoms with Crippen molar-refractivity contribution in [3.63, 3.8) is 0 Å². The first-order valence-electron chi connectivity index (χ1n) is 5.41. The molecule has 5 heteroatoms. The molecule has 1 fully saturated rings. The molecule has 1 aliphatic heterocycles. The van der Waals surface area contributed by atoms with Crippen molar-refractivity contribution in [1.29, 1.82) is 0 Å². The van der Waals surface area contributed by atoms with Crippen LogP contribution in [0.1, 0.15) is 34.6 Å². The summed E-state index contributed by atoms with van der Waals surface area (Å²) in [4.78, 5) is 24.3. The lowest BCUT2D eigenvalue weighted by Crippen LogP contribution is -2.44. The van der Waals surface area contributed by atoms with Gasteiger partial charge < -0.3 is 9.47 Å². The molecule has 0 aliphatic carbocycles. The molecular weight excluding hydrogens is 210 g/mol. The summed E-state index contributed by atoms with van der Waals surface area (Å²) in [6.45, 7) is 9.40. The van der Waals surface area contributed by atoms with Crippen LogP contribution in [-0.4, -0.2) is 35.3 Å². The zero-order chi connectivity index (χ0) is 12.5. The van der Waals surface area contributed by atoms with Crippen molar-refractivity contribution in [2.75, 3.05) is 6.61 Å². The average Bonchev–Trinajstić information content (AvgIpc) is 2.43. The number of imide groups is 1. The molecule has 1 unspecified atom stereocenters. The Hall–Kier alpha value is -1.26. The summed E-state index contributed by atoms with van der Waals surface area (Å²) in [6, 6.07) is -0.234. The maximum atomic E-state index is 11.8. The Morgan fingerprint density at radius 3 is 2.50 bits per heavy atom. The van der Waals surface area contributed by atoms with E-state index in [1.54, 1.807) is 20.8 Å². The first kappa shape index (κ1) is 12.8. The standard InChI is InChI=1S/C11H19NO4/c1-7(2)8-6-15-9(13)12(8)10(14)16-11(3,4)5/h7-8H,6H2,1-5H3. The van der Waals surface area contributed by atoms with Gasteiger partial charge in [0.2, 0.25) is 0 Å². The molecule has 0 aromatic heterocycles. The van der Waals surface area contributed by atoms with Crippen molar-refractivity contribution >= 4 is 12.2 Å². The van der Waals surface area contributed by atoms with Gasteiger partial charge in [0.15, 0.2) is 0 Å². The van der Waals surface area contributed by atoms with Gasteiger partial charge >= 0.3 is 12.2 Å². The second-order valence-electron chi connectivity index (χ2n) is 5.24. The number of carbonyl (C=O) groups excluding carboxylic acids is 2.